The van der Waals surface area contributed by atoms with Crippen molar-refractivity contribution in [1.82, 2.24) is 9.80 Å². The molecule has 1 N–H and O–H groups in total. The van der Waals surface area contributed by atoms with E-state index in [4.69, 9.17) is 0 Å². The molecule has 2 atom stereocenters. The van der Waals surface area contributed by atoms with Crippen molar-refractivity contribution in [2.24, 2.45) is 0 Å². The number of rotatable bonds is 7. The fourth-order valence-electron chi connectivity index (χ4n) is 3.19. The van der Waals surface area contributed by atoms with Gasteiger partial charge in [0.05, 0.1) is 6.61 Å². The summed E-state index contributed by atoms with van der Waals surface area (Å²) in [4.78, 5) is 16.8. The monoisotopic (exact) mass is 316 g/mol. The summed E-state index contributed by atoms with van der Waals surface area (Å²) in [5.74, 6) is 0.262. The summed E-state index contributed by atoms with van der Waals surface area (Å²) >= 11 is 0. The zero-order valence-corrected chi connectivity index (χ0v) is 14.0. The third-order valence-corrected chi connectivity index (χ3v) is 4.77. The van der Waals surface area contributed by atoms with Crippen LogP contribution in [0.5, 0.6) is 0 Å². The van der Waals surface area contributed by atoms with Gasteiger partial charge in [0.15, 0.2) is 0 Å². The molecule has 126 valence electrons. The SMILES string of the molecule is C=CC(CC(=O)N1CCN(C(CC)CO)CC1)c1ccccc1. The van der Waals surface area contributed by atoms with Crippen molar-refractivity contribution in [3.8, 4) is 0 Å². The maximum atomic E-state index is 12.6. The van der Waals surface area contributed by atoms with Gasteiger partial charge in [-0.05, 0) is 12.0 Å². The summed E-state index contributed by atoms with van der Waals surface area (Å²) < 4.78 is 0. The molecule has 1 aromatic carbocycles. The van der Waals surface area contributed by atoms with E-state index in [2.05, 4.69) is 18.4 Å². The summed E-state index contributed by atoms with van der Waals surface area (Å²) in [7, 11) is 0. The molecule has 4 nitrogen and oxygen atoms in total. The highest BCUT2D eigenvalue weighted by atomic mass is 16.3. The van der Waals surface area contributed by atoms with Gasteiger partial charge in [-0.2, -0.15) is 0 Å². The lowest BCUT2D eigenvalue weighted by atomic mass is 9.95. The van der Waals surface area contributed by atoms with Crippen molar-refractivity contribution in [2.45, 2.75) is 31.7 Å². The third kappa shape index (κ3) is 4.66. The Morgan fingerprint density at radius 3 is 2.43 bits per heavy atom. The Hall–Kier alpha value is -1.65. The number of allylic oxidation sites excluding steroid dienone is 1. The second-order valence-corrected chi connectivity index (χ2v) is 6.12. The number of piperazine rings is 1. The summed E-state index contributed by atoms with van der Waals surface area (Å²) in [5, 5.41) is 9.40. The van der Waals surface area contributed by atoms with Crippen molar-refractivity contribution < 1.29 is 9.90 Å². The Morgan fingerprint density at radius 1 is 1.26 bits per heavy atom. The van der Waals surface area contributed by atoms with Crippen molar-refractivity contribution in [3.63, 3.8) is 0 Å². The van der Waals surface area contributed by atoms with Crippen LogP contribution < -0.4 is 0 Å². The molecule has 1 aliphatic heterocycles. The van der Waals surface area contributed by atoms with Crippen LogP contribution in [0.1, 0.15) is 31.2 Å². The fourth-order valence-corrected chi connectivity index (χ4v) is 3.19. The lowest BCUT2D eigenvalue weighted by Crippen LogP contribution is -2.52. The molecule has 4 heteroatoms. The van der Waals surface area contributed by atoms with Gasteiger partial charge < -0.3 is 10.0 Å². The molecule has 1 aromatic rings. The highest BCUT2D eigenvalue weighted by Crippen LogP contribution is 2.22. The molecule has 1 saturated heterocycles. The fraction of sp³-hybridized carbons (Fsp3) is 0.526. The van der Waals surface area contributed by atoms with Crippen molar-refractivity contribution >= 4 is 5.91 Å². The van der Waals surface area contributed by atoms with Crippen molar-refractivity contribution in [1.29, 1.82) is 0 Å². The molecule has 0 spiro atoms. The van der Waals surface area contributed by atoms with Gasteiger partial charge in [-0.3, -0.25) is 9.69 Å². The topological polar surface area (TPSA) is 43.8 Å². The van der Waals surface area contributed by atoms with Gasteiger partial charge in [0, 0.05) is 44.6 Å². The summed E-state index contributed by atoms with van der Waals surface area (Å²) in [6.45, 7) is 9.34. The molecule has 1 heterocycles. The highest BCUT2D eigenvalue weighted by molar-refractivity contribution is 5.77. The van der Waals surface area contributed by atoms with Crippen LogP contribution in [0.4, 0.5) is 0 Å². The molecule has 0 bridgehead atoms. The molecule has 0 aromatic heterocycles. The minimum Gasteiger partial charge on any atom is -0.395 e. The summed E-state index contributed by atoms with van der Waals surface area (Å²) in [5.41, 5.74) is 1.14. The number of benzene rings is 1. The van der Waals surface area contributed by atoms with E-state index in [0.29, 0.717) is 6.42 Å². The zero-order chi connectivity index (χ0) is 16.7. The number of carbonyl (C=O) groups is 1. The number of aliphatic hydroxyl groups is 1. The molecule has 23 heavy (non-hydrogen) atoms. The molecular formula is C19H28N2O2. The quantitative estimate of drug-likeness (QED) is 0.785. The molecule has 0 aliphatic carbocycles. The predicted molar refractivity (Wildman–Crippen MR) is 93.3 cm³/mol. The Morgan fingerprint density at radius 2 is 1.91 bits per heavy atom. The molecule has 0 saturated carbocycles. The second kappa shape index (κ2) is 8.85. The lowest BCUT2D eigenvalue weighted by molar-refractivity contribution is -0.133. The third-order valence-electron chi connectivity index (χ3n) is 4.77. The van der Waals surface area contributed by atoms with Gasteiger partial charge in [0.2, 0.25) is 5.91 Å². The second-order valence-electron chi connectivity index (χ2n) is 6.12. The Kier molecular flexibility index (Phi) is 6.81. The largest absolute Gasteiger partial charge is 0.395 e. The Bertz CT molecular complexity index is 491. The summed E-state index contributed by atoms with van der Waals surface area (Å²) in [6.07, 6.45) is 3.28. The van der Waals surface area contributed by atoms with Crippen LogP contribution in [-0.4, -0.2) is 59.6 Å². The maximum absolute atomic E-state index is 12.6. The molecule has 2 unspecified atom stereocenters. The van der Waals surface area contributed by atoms with Gasteiger partial charge in [-0.15, -0.1) is 6.58 Å². The smallest absolute Gasteiger partial charge is 0.223 e. The van der Waals surface area contributed by atoms with E-state index >= 15 is 0 Å². The molecular weight excluding hydrogens is 288 g/mol. The first kappa shape index (κ1) is 17.7. The first-order chi connectivity index (χ1) is 11.2. The normalized spacial score (nSPS) is 18.4. The number of hydrogen-bond donors (Lipinski definition) is 1. The summed E-state index contributed by atoms with van der Waals surface area (Å²) in [6, 6.07) is 10.3. The van der Waals surface area contributed by atoms with E-state index < -0.39 is 0 Å². The van der Waals surface area contributed by atoms with E-state index in [0.717, 1.165) is 38.2 Å². The predicted octanol–water partition coefficient (Wildman–Crippen LogP) is 2.26. The van der Waals surface area contributed by atoms with Crippen LogP contribution in [0.15, 0.2) is 43.0 Å². The van der Waals surface area contributed by atoms with Crippen molar-refractivity contribution in [3.05, 3.63) is 48.6 Å². The average molecular weight is 316 g/mol. The van der Waals surface area contributed by atoms with Crippen LogP contribution in [0.25, 0.3) is 0 Å². The first-order valence-electron chi connectivity index (χ1n) is 8.49. The van der Waals surface area contributed by atoms with E-state index in [-0.39, 0.29) is 24.5 Å². The Labute approximate surface area is 139 Å². The van der Waals surface area contributed by atoms with Crippen LogP contribution >= 0.6 is 0 Å². The Balaban J connectivity index is 1.88. The van der Waals surface area contributed by atoms with Gasteiger partial charge in [-0.25, -0.2) is 0 Å². The van der Waals surface area contributed by atoms with Gasteiger partial charge >= 0.3 is 0 Å². The molecule has 1 aliphatic rings. The molecule has 1 amide bonds. The van der Waals surface area contributed by atoms with Crippen LogP contribution in [0.3, 0.4) is 0 Å². The maximum Gasteiger partial charge on any atom is 0.223 e. The number of aliphatic hydroxyl groups excluding tert-OH is 1. The zero-order valence-electron chi connectivity index (χ0n) is 14.0. The van der Waals surface area contributed by atoms with Gasteiger partial charge in [0.1, 0.15) is 0 Å². The number of nitrogens with zero attached hydrogens (tertiary/aromatic N) is 2. The van der Waals surface area contributed by atoms with E-state index in [1.54, 1.807) is 0 Å². The van der Waals surface area contributed by atoms with Gasteiger partial charge in [0.25, 0.3) is 0 Å². The van der Waals surface area contributed by atoms with Gasteiger partial charge in [-0.1, -0.05) is 43.3 Å². The lowest BCUT2D eigenvalue weighted by Gasteiger charge is -2.38. The van der Waals surface area contributed by atoms with E-state index in [1.807, 2.05) is 41.3 Å². The van der Waals surface area contributed by atoms with Crippen LogP contribution in [-0.2, 0) is 4.79 Å². The average Bonchev–Trinajstić information content (AvgIpc) is 2.62. The molecule has 2 rings (SSSR count). The van der Waals surface area contributed by atoms with E-state index in [1.165, 1.54) is 0 Å². The number of hydrogen-bond acceptors (Lipinski definition) is 3. The van der Waals surface area contributed by atoms with Crippen molar-refractivity contribution in [2.75, 3.05) is 32.8 Å². The number of amides is 1. The van der Waals surface area contributed by atoms with Crippen LogP contribution in [0, 0.1) is 0 Å². The first-order valence-corrected chi connectivity index (χ1v) is 8.49. The molecule has 1 fully saturated rings. The number of carbonyl (C=O) groups excluding carboxylic acids is 1. The minimum absolute atomic E-state index is 0.0718. The van der Waals surface area contributed by atoms with E-state index in [9.17, 15) is 9.90 Å². The standard InChI is InChI=1S/C19H28N2O2/c1-3-16(17-8-6-5-7-9-17)14-19(23)21-12-10-20(11-13-21)18(4-2)15-22/h3,5-9,16,18,22H,1,4,10-15H2,2H3. The highest BCUT2D eigenvalue weighted by Gasteiger charge is 2.26. The van der Waals surface area contributed by atoms with Crippen LogP contribution in [0.2, 0.25) is 0 Å². The minimum atomic E-state index is 0.0718. The molecule has 0 radical (unpaired) electrons.